The van der Waals surface area contributed by atoms with Crippen molar-refractivity contribution < 1.29 is 14.7 Å². The number of carbonyl (C=O) groups excluding carboxylic acids is 1. The zero-order chi connectivity index (χ0) is 13.5. The first kappa shape index (κ1) is 14.6. The van der Waals surface area contributed by atoms with Gasteiger partial charge < -0.3 is 16.2 Å². The van der Waals surface area contributed by atoms with E-state index < -0.39 is 12.0 Å². The molecule has 0 aliphatic heterocycles. The number of aliphatic carboxylic acids is 1. The summed E-state index contributed by atoms with van der Waals surface area (Å²) in [4.78, 5) is 26.1. The molecule has 1 aromatic rings. The third-order valence-corrected chi connectivity index (χ3v) is 3.18. The Bertz CT molecular complexity index is 419. The monoisotopic (exact) mass is 271 g/mol. The van der Waals surface area contributed by atoms with Gasteiger partial charge in [-0.05, 0) is 13.3 Å². The summed E-state index contributed by atoms with van der Waals surface area (Å²) in [6, 6.07) is -0.765. The van der Waals surface area contributed by atoms with E-state index in [9.17, 15) is 9.59 Å². The van der Waals surface area contributed by atoms with E-state index in [0.717, 1.165) is 10.7 Å². The summed E-state index contributed by atoms with van der Waals surface area (Å²) in [7, 11) is 0. The Morgan fingerprint density at radius 1 is 1.61 bits per heavy atom. The van der Waals surface area contributed by atoms with Gasteiger partial charge in [0.2, 0.25) is 5.91 Å². The molecule has 0 fully saturated rings. The number of amides is 1. The van der Waals surface area contributed by atoms with Crippen molar-refractivity contribution >= 4 is 23.2 Å². The molecule has 1 amide bonds. The Hall–Kier alpha value is -1.47. The smallest absolute Gasteiger partial charge is 0.303 e. The molecule has 1 aromatic heterocycles. The van der Waals surface area contributed by atoms with Crippen molar-refractivity contribution in [3.05, 3.63) is 16.1 Å². The normalized spacial score (nSPS) is 12.1. The van der Waals surface area contributed by atoms with Crippen LogP contribution in [0, 0.1) is 6.92 Å². The van der Waals surface area contributed by atoms with E-state index in [1.165, 1.54) is 0 Å². The van der Waals surface area contributed by atoms with Crippen molar-refractivity contribution in [3.63, 3.8) is 0 Å². The van der Waals surface area contributed by atoms with E-state index in [-0.39, 0.29) is 18.7 Å². The highest BCUT2D eigenvalue weighted by atomic mass is 32.1. The van der Waals surface area contributed by atoms with Crippen molar-refractivity contribution in [1.29, 1.82) is 0 Å². The van der Waals surface area contributed by atoms with Gasteiger partial charge in [-0.25, -0.2) is 4.98 Å². The Kier molecular flexibility index (Phi) is 5.73. The number of thiazole rings is 1. The fourth-order valence-corrected chi connectivity index (χ4v) is 2.03. The zero-order valence-corrected chi connectivity index (χ0v) is 11.0. The maximum Gasteiger partial charge on any atom is 0.303 e. The van der Waals surface area contributed by atoms with E-state index in [2.05, 4.69) is 10.3 Å². The number of hydrogen-bond donors (Lipinski definition) is 3. The van der Waals surface area contributed by atoms with Crippen LogP contribution < -0.4 is 11.1 Å². The van der Waals surface area contributed by atoms with Crippen LogP contribution in [-0.4, -0.2) is 34.6 Å². The van der Waals surface area contributed by atoms with Gasteiger partial charge in [0, 0.05) is 24.8 Å². The number of nitrogens with zero attached hydrogens (tertiary/aromatic N) is 1. The fourth-order valence-electron chi connectivity index (χ4n) is 1.38. The van der Waals surface area contributed by atoms with Crippen molar-refractivity contribution in [2.24, 2.45) is 5.73 Å². The maximum absolute atomic E-state index is 11.5. The van der Waals surface area contributed by atoms with E-state index in [4.69, 9.17) is 10.8 Å². The van der Waals surface area contributed by atoms with Gasteiger partial charge >= 0.3 is 5.97 Å². The molecular weight excluding hydrogens is 254 g/mol. The highest BCUT2D eigenvalue weighted by Gasteiger charge is 2.14. The van der Waals surface area contributed by atoms with Crippen LogP contribution >= 0.6 is 11.3 Å². The maximum atomic E-state index is 11.5. The van der Waals surface area contributed by atoms with Gasteiger partial charge in [0.15, 0.2) is 0 Å². The Balaban J connectivity index is 2.22. The summed E-state index contributed by atoms with van der Waals surface area (Å²) in [6.07, 6.45) is 0.707. The van der Waals surface area contributed by atoms with Gasteiger partial charge in [-0.2, -0.15) is 0 Å². The molecule has 0 aliphatic carbocycles. The number of nitrogens with one attached hydrogen (secondary N) is 1. The first-order chi connectivity index (χ1) is 8.49. The molecule has 7 heteroatoms. The molecule has 0 bridgehead atoms. The van der Waals surface area contributed by atoms with Crippen molar-refractivity contribution in [3.8, 4) is 0 Å². The van der Waals surface area contributed by atoms with Crippen LogP contribution in [0.25, 0.3) is 0 Å². The fraction of sp³-hybridized carbons (Fsp3) is 0.545. The summed E-state index contributed by atoms with van der Waals surface area (Å²) in [5, 5.41) is 14.1. The number of nitrogens with two attached hydrogens (primary N) is 1. The van der Waals surface area contributed by atoms with Crippen LogP contribution in [-0.2, 0) is 16.0 Å². The third kappa shape index (κ3) is 5.24. The molecule has 4 N–H and O–H groups in total. The predicted octanol–water partition coefficient (Wildman–Crippen LogP) is 0.302. The standard InChI is InChI=1S/C11H17N3O3S/c1-7-14-8(6-18-7)4-5-13-11(17)9(12)2-3-10(15)16/h6,9H,2-5,12H2,1H3,(H,13,17)(H,15,16). The Labute approximate surface area is 109 Å². The molecule has 100 valence electrons. The highest BCUT2D eigenvalue weighted by molar-refractivity contribution is 7.09. The lowest BCUT2D eigenvalue weighted by atomic mass is 10.1. The van der Waals surface area contributed by atoms with Crippen LogP contribution in [0.2, 0.25) is 0 Å². The summed E-state index contributed by atoms with van der Waals surface area (Å²) in [5.41, 5.74) is 6.50. The van der Waals surface area contributed by atoms with Crippen LogP contribution in [0.5, 0.6) is 0 Å². The number of carboxylic acid groups (broad SMARTS) is 1. The topological polar surface area (TPSA) is 105 Å². The molecule has 1 unspecified atom stereocenters. The molecule has 0 aromatic carbocycles. The van der Waals surface area contributed by atoms with E-state index in [1.54, 1.807) is 11.3 Å². The minimum absolute atomic E-state index is 0.0974. The van der Waals surface area contributed by atoms with Gasteiger partial charge in [0.1, 0.15) is 0 Å². The second kappa shape index (κ2) is 7.07. The number of rotatable bonds is 7. The minimum atomic E-state index is -0.948. The lowest BCUT2D eigenvalue weighted by Crippen LogP contribution is -2.41. The van der Waals surface area contributed by atoms with Gasteiger partial charge in [0.05, 0.1) is 16.7 Å². The molecule has 6 nitrogen and oxygen atoms in total. The largest absolute Gasteiger partial charge is 0.481 e. The van der Waals surface area contributed by atoms with Gasteiger partial charge in [-0.15, -0.1) is 11.3 Å². The number of aromatic nitrogens is 1. The lowest BCUT2D eigenvalue weighted by Gasteiger charge is -2.10. The van der Waals surface area contributed by atoms with Crippen LogP contribution in [0.1, 0.15) is 23.5 Å². The molecule has 1 heterocycles. The zero-order valence-electron chi connectivity index (χ0n) is 10.2. The van der Waals surface area contributed by atoms with Gasteiger partial charge in [-0.3, -0.25) is 9.59 Å². The van der Waals surface area contributed by atoms with E-state index in [0.29, 0.717) is 13.0 Å². The Morgan fingerprint density at radius 3 is 2.89 bits per heavy atom. The number of aryl methyl sites for hydroxylation is 1. The highest BCUT2D eigenvalue weighted by Crippen LogP contribution is 2.07. The first-order valence-electron chi connectivity index (χ1n) is 5.65. The molecule has 0 saturated carbocycles. The average Bonchev–Trinajstić information content (AvgIpc) is 2.71. The number of carbonyl (C=O) groups is 2. The average molecular weight is 271 g/mol. The van der Waals surface area contributed by atoms with E-state index >= 15 is 0 Å². The molecule has 0 saturated heterocycles. The second-order valence-electron chi connectivity index (χ2n) is 3.94. The van der Waals surface area contributed by atoms with Gasteiger partial charge in [-0.1, -0.05) is 0 Å². The first-order valence-corrected chi connectivity index (χ1v) is 6.53. The summed E-state index contributed by atoms with van der Waals surface area (Å²) in [5.74, 6) is -1.26. The SMILES string of the molecule is Cc1nc(CCNC(=O)C(N)CCC(=O)O)cs1. The second-order valence-corrected chi connectivity index (χ2v) is 5.00. The number of carboxylic acids is 1. The summed E-state index contributed by atoms with van der Waals surface area (Å²) in [6.45, 7) is 2.39. The Morgan fingerprint density at radius 2 is 2.33 bits per heavy atom. The molecule has 1 rings (SSSR count). The van der Waals surface area contributed by atoms with Gasteiger partial charge in [0.25, 0.3) is 0 Å². The number of hydrogen-bond acceptors (Lipinski definition) is 5. The van der Waals surface area contributed by atoms with Crippen LogP contribution in [0.3, 0.4) is 0 Å². The lowest BCUT2D eigenvalue weighted by molar-refractivity contribution is -0.137. The van der Waals surface area contributed by atoms with Crippen molar-refractivity contribution in [2.75, 3.05) is 6.54 Å². The molecule has 0 spiro atoms. The van der Waals surface area contributed by atoms with Crippen molar-refractivity contribution in [2.45, 2.75) is 32.2 Å². The van der Waals surface area contributed by atoms with Crippen LogP contribution in [0.15, 0.2) is 5.38 Å². The van der Waals surface area contributed by atoms with Crippen LogP contribution in [0.4, 0.5) is 0 Å². The molecule has 0 radical (unpaired) electrons. The quantitative estimate of drug-likeness (QED) is 0.661. The molecule has 1 atom stereocenters. The summed E-state index contributed by atoms with van der Waals surface area (Å²) < 4.78 is 0. The summed E-state index contributed by atoms with van der Waals surface area (Å²) >= 11 is 1.57. The predicted molar refractivity (Wildman–Crippen MR) is 68.4 cm³/mol. The molecular formula is C11H17N3O3S. The van der Waals surface area contributed by atoms with Crippen molar-refractivity contribution in [1.82, 2.24) is 10.3 Å². The molecule has 0 aliphatic rings. The molecule has 18 heavy (non-hydrogen) atoms. The minimum Gasteiger partial charge on any atom is -0.481 e. The third-order valence-electron chi connectivity index (χ3n) is 2.35. The van der Waals surface area contributed by atoms with E-state index in [1.807, 2.05) is 12.3 Å².